The molecule has 0 bridgehead atoms. The zero-order chi connectivity index (χ0) is 6.69. The Labute approximate surface area is 52.0 Å². The Kier molecular flexibility index (Phi) is 1.44. The number of carboxylic acid groups (broad SMARTS) is 1. The van der Waals surface area contributed by atoms with Gasteiger partial charge in [-0.15, -0.1) is 0 Å². The van der Waals surface area contributed by atoms with Gasteiger partial charge in [-0.05, 0) is 12.1 Å². The van der Waals surface area contributed by atoms with E-state index in [1.165, 1.54) is 18.3 Å². The lowest BCUT2D eigenvalue weighted by molar-refractivity contribution is 0.0696. The fourth-order valence-electron chi connectivity index (χ4n) is 0.449. The molecule has 0 aliphatic heterocycles. The first-order chi connectivity index (χ1) is 4.30. The van der Waals surface area contributed by atoms with Gasteiger partial charge >= 0.3 is 5.97 Å². The van der Waals surface area contributed by atoms with Crippen molar-refractivity contribution in [3.05, 3.63) is 30.1 Å². The van der Waals surface area contributed by atoms with Crippen LogP contribution in [-0.2, 0) is 0 Å². The Morgan fingerprint density at radius 1 is 1.78 bits per heavy atom. The topological polar surface area (TPSA) is 50.2 Å². The van der Waals surface area contributed by atoms with Gasteiger partial charge in [0.15, 0.2) is 0 Å². The molecule has 1 radical (unpaired) electrons. The van der Waals surface area contributed by atoms with Crippen molar-refractivity contribution in [3.63, 3.8) is 0 Å². The Balaban J connectivity index is 2.98. The van der Waals surface area contributed by atoms with E-state index in [0.717, 1.165) is 0 Å². The summed E-state index contributed by atoms with van der Waals surface area (Å²) >= 11 is 0. The van der Waals surface area contributed by atoms with E-state index in [1.54, 1.807) is 0 Å². The van der Waals surface area contributed by atoms with E-state index in [4.69, 9.17) is 5.11 Å². The van der Waals surface area contributed by atoms with E-state index < -0.39 is 5.97 Å². The quantitative estimate of drug-likeness (QED) is 0.592. The number of carboxylic acids is 1. The van der Waals surface area contributed by atoms with Gasteiger partial charge in [-0.2, -0.15) is 0 Å². The van der Waals surface area contributed by atoms with Crippen LogP contribution in [0.2, 0.25) is 0 Å². The molecule has 1 heterocycles. The molecule has 0 aliphatic rings. The van der Waals surface area contributed by atoms with Crippen molar-refractivity contribution in [1.82, 2.24) is 4.98 Å². The highest BCUT2D eigenvalue weighted by molar-refractivity contribution is 5.87. The Morgan fingerprint density at radius 2 is 2.56 bits per heavy atom. The van der Waals surface area contributed by atoms with Gasteiger partial charge in [0, 0.05) is 6.20 Å². The minimum atomic E-state index is -0.950. The first-order valence-electron chi connectivity index (χ1n) is 2.36. The summed E-state index contributed by atoms with van der Waals surface area (Å²) in [5.41, 5.74) is 0.213. The van der Waals surface area contributed by atoms with E-state index in [9.17, 15) is 4.79 Å². The number of hydrogen-bond donors (Lipinski definition) is 1. The summed E-state index contributed by atoms with van der Waals surface area (Å²) in [5, 5.41) is 8.34. The van der Waals surface area contributed by atoms with Crippen LogP contribution in [0.3, 0.4) is 0 Å². The van der Waals surface area contributed by atoms with Gasteiger partial charge < -0.3 is 5.11 Å². The predicted octanol–water partition coefficient (Wildman–Crippen LogP) is 0.580. The molecule has 45 valence electrons. The minimum absolute atomic E-state index is 0.213. The summed E-state index contributed by atoms with van der Waals surface area (Å²) < 4.78 is 0. The standard InChI is InChI=1S/C6H4NO2/c8-6(9)5-1-3-7-4-2-5/h1-3H,(H,8,9). The molecule has 0 aliphatic carbocycles. The van der Waals surface area contributed by atoms with E-state index in [0.29, 0.717) is 0 Å². The number of carbonyl (C=O) groups is 1. The van der Waals surface area contributed by atoms with Crippen molar-refractivity contribution < 1.29 is 9.90 Å². The van der Waals surface area contributed by atoms with Gasteiger partial charge in [0.05, 0.1) is 11.8 Å². The second kappa shape index (κ2) is 2.26. The molecular weight excluding hydrogens is 118 g/mol. The number of hydrogen-bond acceptors (Lipinski definition) is 2. The van der Waals surface area contributed by atoms with Crippen LogP contribution in [0.25, 0.3) is 0 Å². The molecule has 3 heteroatoms. The molecule has 0 unspecified atom stereocenters. The zero-order valence-electron chi connectivity index (χ0n) is 4.53. The van der Waals surface area contributed by atoms with Crippen molar-refractivity contribution in [3.8, 4) is 0 Å². The maximum absolute atomic E-state index is 10.2. The van der Waals surface area contributed by atoms with Gasteiger partial charge in [-0.25, -0.2) is 4.79 Å². The lowest BCUT2D eigenvalue weighted by Crippen LogP contribution is -1.94. The highest BCUT2D eigenvalue weighted by Crippen LogP contribution is 1.92. The van der Waals surface area contributed by atoms with Gasteiger partial charge in [-0.3, -0.25) is 4.98 Å². The predicted molar refractivity (Wildman–Crippen MR) is 30.0 cm³/mol. The third kappa shape index (κ3) is 1.25. The molecule has 9 heavy (non-hydrogen) atoms. The summed E-state index contributed by atoms with van der Waals surface area (Å²) in [6.07, 6.45) is 3.80. The average Bonchev–Trinajstić information content (AvgIpc) is 1.90. The summed E-state index contributed by atoms with van der Waals surface area (Å²) in [6.45, 7) is 0. The molecule has 0 amide bonds. The normalized spacial score (nSPS) is 8.89. The third-order valence-corrected chi connectivity index (χ3v) is 0.870. The van der Waals surface area contributed by atoms with Crippen LogP contribution in [0.1, 0.15) is 10.4 Å². The molecule has 1 N–H and O–H groups in total. The van der Waals surface area contributed by atoms with Crippen LogP contribution in [0.15, 0.2) is 18.3 Å². The fourth-order valence-corrected chi connectivity index (χ4v) is 0.449. The highest BCUT2D eigenvalue weighted by Gasteiger charge is 1.97. The van der Waals surface area contributed by atoms with E-state index in [-0.39, 0.29) is 5.56 Å². The smallest absolute Gasteiger partial charge is 0.335 e. The summed E-state index contributed by atoms with van der Waals surface area (Å²) in [7, 11) is 0. The van der Waals surface area contributed by atoms with Crippen LogP contribution < -0.4 is 0 Å². The van der Waals surface area contributed by atoms with Gasteiger partial charge in [0.1, 0.15) is 0 Å². The molecule has 1 rings (SSSR count). The Hall–Kier alpha value is -1.38. The van der Waals surface area contributed by atoms with Crippen molar-refractivity contribution in [2.24, 2.45) is 0 Å². The van der Waals surface area contributed by atoms with E-state index in [2.05, 4.69) is 11.2 Å². The first kappa shape index (κ1) is 5.75. The van der Waals surface area contributed by atoms with Gasteiger partial charge in [0.25, 0.3) is 0 Å². The third-order valence-electron chi connectivity index (χ3n) is 0.870. The van der Waals surface area contributed by atoms with Crippen LogP contribution in [-0.4, -0.2) is 16.1 Å². The average molecular weight is 122 g/mol. The molecular formula is C6H4NO2. The molecule has 0 fully saturated rings. The molecule has 0 atom stereocenters. The number of rotatable bonds is 1. The van der Waals surface area contributed by atoms with Crippen LogP contribution in [0.5, 0.6) is 0 Å². The number of aromatic carboxylic acids is 1. The lowest BCUT2D eigenvalue weighted by atomic mass is 10.3. The Bertz CT molecular complexity index is 208. The largest absolute Gasteiger partial charge is 0.478 e. The highest BCUT2D eigenvalue weighted by atomic mass is 16.4. The zero-order valence-corrected chi connectivity index (χ0v) is 4.53. The second-order valence-electron chi connectivity index (χ2n) is 1.48. The van der Waals surface area contributed by atoms with Crippen LogP contribution >= 0.6 is 0 Å². The monoisotopic (exact) mass is 122 g/mol. The van der Waals surface area contributed by atoms with Crippen molar-refractivity contribution in [2.75, 3.05) is 0 Å². The summed E-state index contributed by atoms with van der Waals surface area (Å²) in [6, 6.07) is 2.74. The van der Waals surface area contributed by atoms with E-state index in [1.807, 2.05) is 0 Å². The number of aromatic nitrogens is 1. The van der Waals surface area contributed by atoms with Crippen LogP contribution in [0, 0.1) is 6.20 Å². The first-order valence-corrected chi connectivity index (χ1v) is 2.36. The molecule has 0 aromatic carbocycles. The number of nitrogens with zero attached hydrogens (tertiary/aromatic N) is 1. The summed E-state index contributed by atoms with van der Waals surface area (Å²) in [5.74, 6) is -0.950. The van der Waals surface area contributed by atoms with Crippen LogP contribution in [0.4, 0.5) is 0 Å². The molecule has 1 aromatic heterocycles. The Morgan fingerprint density at radius 3 is 2.89 bits per heavy atom. The maximum Gasteiger partial charge on any atom is 0.335 e. The second-order valence-corrected chi connectivity index (χ2v) is 1.48. The maximum atomic E-state index is 10.2. The molecule has 0 saturated carbocycles. The molecule has 1 aromatic rings. The molecule has 0 spiro atoms. The minimum Gasteiger partial charge on any atom is -0.478 e. The van der Waals surface area contributed by atoms with Gasteiger partial charge in [-0.1, -0.05) is 0 Å². The van der Waals surface area contributed by atoms with Crippen molar-refractivity contribution in [1.29, 1.82) is 0 Å². The fraction of sp³-hybridized carbons (Fsp3) is 0. The SMILES string of the molecule is O=C(O)c1c[c]ncc1. The van der Waals surface area contributed by atoms with Crippen molar-refractivity contribution in [2.45, 2.75) is 0 Å². The lowest BCUT2D eigenvalue weighted by Gasteiger charge is -1.87. The van der Waals surface area contributed by atoms with Gasteiger partial charge in [0.2, 0.25) is 0 Å². The number of pyridine rings is 1. The molecule has 3 nitrogen and oxygen atoms in total. The van der Waals surface area contributed by atoms with Crippen molar-refractivity contribution >= 4 is 5.97 Å². The summed E-state index contributed by atoms with van der Waals surface area (Å²) in [4.78, 5) is 13.7. The van der Waals surface area contributed by atoms with E-state index >= 15 is 0 Å². The molecule has 0 saturated heterocycles.